The second-order valence-electron chi connectivity index (χ2n) is 5.18. The van der Waals surface area contributed by atoms with Crippen LogP contribution in [-0.4, -0.2) is 41.6 Å². The molecule has 3 N–H and O–H groups in total. The largest absolute Gasteiger partial charge is 0.491 e. The monoisotopic (exact) mass is 267 g/mol. The van der Waals surface area contributed by atoms with Crippen molar-refractivity contribution in [2.75, 3.05) is 19.8 Å². The normalized spacial score (nSPS) is 15.8. The van der Waals surface area contributed by atoms with Crippen LogP contribution in [0.25, 0.3) is 0 Å². The minimum Gasteiger partial charge on any atom is -0.491 e. The van der Waals surface area contributed by atoms with Crippen LogP contribution in [0.2, 0.25) is 0 Å². The molecule has 0 heterocycles. The molecule has 4 nitrogen and oxygen atoms in total. The van der Waals surface area contributed by atoms with Crippen LogP contribution in [0.3, 0.4) is 0 Å². The highest BCUT2D eigenvalue weighted by Crippen LogP contribution is 2.16. The fraction of sp³-hybridized carbons (Fsp3) is 0.600. The quantitative estimate of drug-likeness (QED) is 0.668. The first-order valence-corrected chi connectivity index (χ1v) is 6.73. The fourth-order valence-corrected chi connectivity index (χ4v) is 1.62. The average molecular weight is 267 g/mol. The molecule has 0 aliphatic rings. The number of hydrogen-bond acceptors (Lipinski definition) is 4. The first-order valence-electron chi connectivity index (χ1n) is 6.73. The number of benzene rings is 1. The van der Waals surface area contributed by atoms with Crippen LogP contribution in [0.4, 0.5) is 0 Å². The maximum absolute atomic E-state index is 9.89. The Morgan fingerprint density at radius 2 is 2.05 bits per heavy atom. The molecule has 2 unspecified atom stereocenters. The van der Waals surface area contributed by atoms with Gasteiger partial charge < -0.3 is 20.3 Å². The molecule has 0 saturated carbocycles. The van der Waals surface area contributed by atoms with E-state index in [4.69, 9.17) is 4.74 Å². The Hall–Kier alpha value is -1.10. The minimum atomic E-state index is -0.600. The van der Waals surface area contributed by atoms with Crippen molar-refractivity contribution < 1.29 is 14.9 Å². The maximum atomic E-state index is 9.89. The zero-order valence-electron chi connectivity index (χ0n) is 12.0. The highest BCUT2D eigenvalue weighted by molar-refractivity contribution is 5.31. The summed E-state index contributed by atoms with van der Waals surface area (Å²) in [5, 5.41) is 22.3. The van der Waals surface area contributed by atoms with Gasteiger partial charge >= 0.3 is 0 Å². The van der Waals surface area contributed by atoms with Crippen LogP contribution in [-0.2, 0) is 0 Å². The predicted octanol–water partition coefficient (Wildman–Crippen LogP) is 1.49. The number of nitrogens with one attached hydrogen (secondary N) is 1. The summed E-state index contributed by atoms with van der Waals surface area (Å²) < 4.78 is 5.58. The number of hydrogen-bond donors (Lipinski definition) is 3. The fourth-order valence-electron chi connectivity index (χ4n) is 1.62. The number of rotatable bonds is 8. The molecule has 2 atom stereocenters. The summed E-state index contributed by atoms with van der Waals surface area (Å²) in [6, 6.07) is 7.72. The zero-order valence-corrected chi connectivity index (χ0v) is 12.0. The highest BCUT2D eigenvalue weighted by Gasteiger charge is 2.21. The summed E-state index contributed by atoms with van der Waals surface area (Å²) in [4.78, 5) is 0. The summed E-state index contributed by atoms with van der Waals surface area (Å²) in [5.74, 6) is 0.793. The Labute approximate surface area is 115 Å². The van der Waals surface area contributed by atoms with Gasteiger partial charge in [-0.2, -0.15) is 0 Å². The third kappa shape index (κ3) is 5.19. The van der Waals surface area contributed by atoms with E-state index in [1.165, 1.54) is 0 Å². The molecule has 0 aliphatic heterocycles. The molecule has 19 heavy (non-hydrogen) atoms. The van der Waals surface area contributed by atoms with E-state index >= 15 is 0 Å². The lowest BCUT2D eigenvalue weighted by Crippen LogP contribution is -2.49. The minimum absolute atomic E-state index is 0.0505. The summed E-state index contributed by atoms with van der Waals surface area (Å²) >= 11 is 0. The van der Waals surface area contributed by atoms with Gasteiger partial charge in [0.1, 0.15) is 18.5 Å². The van der Waals surface area contributed by atoms with Gasteiger partial charge in [0.15, 0.2) is 0 Å². The number of aliphatic hydroxyl groups excluding tert-OH is 2. The van der Waals surface area contributed by atoms with Crippen LogP contribution in [0, 0.1) is 6.92 Å². The molecular weight excluding hydrogens is 242 g/mol. The van der Waals surface area contributed by atoms with Gasteiger partial charge in [-0.05, 0) is 31.9 Å². The van der Waals surface area contributed by atoms with Crippen molar-refractivity contribution in [2.45, 2.75) is 38.8 Å². The third-order valence-electron chi connectivity index (χ3n) is 3.42. The highest BCUT2D eigenvalue weighted by atomic mass is 16.5. The topological polar surface area (TPSA) is 61.7 Å². The Morgan fingerprint density at radius 1 is 1.37 bits per heavy atom. The first-order chi connectivity index (χ1) is 9.00. The van der Waals surface area contributed by atoms with E-state index in [-0.39, 0.29) is 18.8 Å². The van der Waals surface area contributed by atoms with Crippen molar-refractivity contribution in [1.82, 2.24) is 5.32 Å². The van der Waals surface area contributed by atoms with Crippen molar-refractivity contribution in [2.24, 2.45) is 0 Å². The van der Waals surface area contributed by atoms with Crippen LogP contribution in [0.15, 0.2) is 24.3 Å². The van der Waals surface area contributed by atoms with Gasteiger partial charge in [0, 0.05) is 12.1 Å². The second kappa shape index (κ2) is 7.48. The summed E-state index contributed by atoms with van der Waals surface area (Å²) in [7, 11) is 0. The average Bonchev–Trinajstić information content (AvgIpc) is 2.44. The van der Waals surface area contributed by atoms with Gasteiger partial charge in [0.2, 0.25) is 0 Å². The molecule has 0 radical (unpaired) electrons. The molecule has 0 aromatic heterocycles. The molecule has 0 spiro atoms. The van der Waals surface area contributed by atoms with Gasteiger partial charge in [-0.25, -0.2) is 0 Å². The lowest BCUT2D eigenvalue weighted by molar-refractivity contribution is 0.0863. The van der Waals surface area contributed by atoms with Gasteiger partial charge in [0.25, 0.3) is 0 Å². The van der Waals surface area contributed by atoms with Crippen LogP contribution >= 0.6 is 0 Å². The molecule has 0 saturated heterocycles. The van der Waals surface area contributed by atoms with Crippen molar-refractivity contribution in [1.29, 1.82) is 0 Å². The molecule has 0 fully saturated rings. The van der Waals surface area contributed by atoms with E-state index < -0.39 is 6.10 Å². The lowest BCUT2D eigenvalue weighted by atomic mass is 10.0. The van der Waals surface area contributed by atoms with E-state index in [0.29, 0.717) is 6.54 Å². The molecule has 1 aromatic carbocycles. The van der Waals surface area contributed by atoms with Crippen molar-refractivity contribution in [3.63, 3.8) is 0 Å². The summed E-state index contributed by atoms with van der Waals surface area (Å²) in [6.45, 7) is 6.59. The third-order valence-corrected chi connectivity index (χ3v) is 3.42. The van der Waals surface area contributed by atoms with Crippen LogP contribution < -0.4 is 10.1 Å². The van der Waals surface area contributed by atoms with Gasteiger partial charge in [0.05, 0.1) is 6.61 Å². The molecular formula is C15H25NO3. The molecule has 4 heteroatoms. The summed E-state index contributed by atoms with van der Waals surface area (Å²) in [6.07, 6.45) is 0.200. The second-order valence-corrected chi connectivity index (χ2v) is 5.18. The SMILES string of the molecule is CCC(C)(CO)NCC(O)COc1ccccc1C. The first kappa shape index (κ1) is 16.0. The van der Waals surface area contributed by atoms with E-state index in [1.807, 2.05) is 45.0 Å². The summed E-state index contributed by atoms with van der Waals surface area (Å²) in [5.41, 5.74) is 0.709. The predicted molar refractivity (Wildman–Crippen MR) is 76.5 cm³/mol. The lowest BCUT2D eigenvalue weighted by Gasteiger charge is -2.28. The number of aryl methyl sites for hydroxylation is 1. The van der Waals surface area contributed by atoms with E-state index in [9.17, 15) is 10.2 Å². The molecule has 1 rings (SSSR count). The van der Waals surface area contributed by atoms with Gasteiger partial charge in [-0.1, -0.05) is 25.1 Å². The van der Waals surface area contributed by atoms with Crippen molar-refractivity contribution in [3.05, 3.63) is 29.8 Å². The molecule has 108 valence electrons. The molecule has 1 aromatic rings. The number of β-amino-alcohol motifs (C(OH)–C–C–N with tert-alkyl or cyclic N) is 1. The van der Waals surface area contributed by atoms with Crippen molar-refractivity contribution in [3.8, 4) is 5.75 Å². The Balaban J connectivity index is 2.36. The Kier molecular flexibility index (Phi) is 6.28. The molecule has 0 bridgehead atoms. The van der Waals surface area contributed by atoms with E-state index in [2.05, 4.69) is 5.32 Å². The van der Waals surface area contributed by atoms with Gasteiger partial charge in [-0.15, -0.1) is 0 Å². The van der Waals surface area contributed by atoms with Crippen molar-refractivity contribution >= 4 is 0 Å². The maximum Gasteiger partial charge on any atom is 0.122 e. The number of ether oxygens (including phenoxy) is 1. The number of aliphatic hydroxyl groups is 2. The Bertz CT molecular complexity index is 377. The van der Waals surface area contributed by atoms with E-state index in [0.717, 1.165) is 17.7 Å². The van der Waals surface area contributed by atoms with E-state index in [1.54, 1.807) is 0 Å². The smallest absolute Gasteiger partial charge is 0.122 e. The zero-order chi connectivity index (χ0) is 14.3. The van der Waals surface area contributed by atoms with Gasteiger partial charge in [-0.3, -0.25) is 0 Å². The standard InChI is InChI=1S/C15H25NO3/c1-4-15(3,11-17)16-9-13(18)10-19-14-8-6-5-7-12(14)2/h5-8,13,16-18H,4,9-11H2,1-3H3. The van der Waals surface area contributed by atoms with Crippen LogP contribution in [0.5, 0.6) is 5.75 Å². The molecule has 0 aliphatic carbocycles. The number of para-hydroxylation sites is 1. The Morgan fingerprint density at radius 3 is 2.63 bits per heavy atom. The molecule has 0 amide bonds. The van der Waals surface area contributed by atoms with Crippen LogP contribution in [0.1, 0.15) is 25.8 Å².